The first-order chi connectivity index (χ1) is 19.1. The van der Waals surface area contributed by atoms with E-state index in [2.05, 4.69) is 30.6 Å². The second-order valence-corrected chi connectivity index (χ2v) is 11.7. The number of anilines is 1. The van der Waals surface area contributed by atoms with Crippen LogP contribution in [0.25, 0.3) is 16.8 Å². The summed E-state index contributed by atoms with van der Waals surface area (Å²) in [7, 11) is 1.79. The number of amidine groups is 1. The number of rotatable bonds is 7. The van der Waals surface area contributed by atoms with Gasteiger partial charge < -0.3 is 29.8 Å². The summed E-state index contributed by atoms with van der Waals surface area (Å²) in [5.41, 5.74) is 2.24. The van der Waals surface area contributed by atoms with Crippen molar-refractivity contribution in [2.24, 2.45) is 12.5 Å². The first kappa shape index (κ1) is 26.5. The van der Waals surface area contributed by atoms with Gasteiger partial charge in [0.25, 0.3) is 0 Å². The first-order valence-corrected chi connectivity index (χ1v) is 13.6. The maximum atomic E-state index is 10.2. The van der Waals surface area contributed by atoms with E-state index in [9.17, 15) is 5.11 Å². The predicted octanol–water partition coefficient (Wildman–Crippen LogP) is 4.00. The van der Waals surface area contributed by atoms with Crippen LogP contribution in [0.3, 0.4) is 0 Å². The minimum Gasteiger partial charge on any atom is -0.451 e. The molecule has 0 radical (unpaired) electrons. The van der Waals surface area contributed by atoms with E-state index in [0.29, 0.717) is 52.8 Å². The zero-order chi connectivity index (χ0) is 28.2. The number of imidazole rings is 2. The van der Waals surface area contributed by atoms with Crippen molar-refractivity contribution in [2.45, 2.75) is 51.7 Å². The Morgan fingerprint density at radius 1 is 1.20 bits per heavy atom. The van der Waals surface area contributed by atoms with E-state index in [1.165, 1.54) is 6.20 Å². The van der Waals surface area contributed by atoms with Crippen LogP contribution < -0.4 is 15.4 Å². The van der Waals surface area contributed by atoms with Crippen LogP contribution in [0.1, 0.15) is 45.4 Å². The molecule has 0 amide bonds. The van der Waals surface area contributed by atoms with Crippen LogP contribution in [-0.2, 0) is 11.8 Å². The molecule has 1 saturated carbocycles. The molecule has 0 bridgehead atoms. The van der Waals surface area contributed by atoms with Crippen LogP contribution >= 0.6 is 11.6 Å². The summed E-state index contributed by atoms with van der Waals surface area (Å²) in [5, 5.41) is 25.5. The largest absolute Gasteiger partial charge is 0.451 e. The van der Waals surface area contributed by atoms with Gasteiger partial charge in [0, 0.05) is 24.1 Å². The van der Waals surface area contributed by atoms with E-state index in [1.807, 2.05) is 31.4 Å². The van der Waals surface area contributed by atoms with Crippen molar-refractivity contribution >= 4 is 40.2 Å². The molecule has 0 unspecified atom stereocenters. The zero-order valence-electron chi connectivity index (χ0n) is 22.8. The maximum absolute atomic E-state index is 10.2. The fraction of sp³-hybridized carbons (Fsp3) is 0.444. The molecule has 4 aromatic heterocycles. The quantitative estimate of drug-likeness (QED) is 0.193. The number of nitrogens with zero attached hydrogens (tertiary/aromatic N) is 6. The lowest BCUT2D eigenvalue weighted by atomic mass is 9.90. The smallest absolute Gasteiger partial charge is 0.210 e. The summed E-state index contributed by atoms with van der Waals surface area (Å²) >= 11 is 6.78. The Morgan fingerprint density at radius 2 is 2.00 bits per heavy atom. The Kier molecular flexibility index (Phi) is 6.64. The second kappa shape index (κ2) is 10.0. The Bertz CT molecular complexity index is 1630. The van der Waals surface area contributed by atoms with Gasteiger partial charge in [-0.3, -0.25) is 9.81 Å². The van der Waals surface area contributed by atoms with E-state index in [-0.39, 0.29) is 17.3 Å². The molecule has 1 aliphatic heterocycles. The Hall–Kier alpha value is -3.74. The normalized spacial score (nSPS) is 19.9. The molecule has 4 N–H and O–H groups in total. The van der Waals surface area contributed by atoms with Crippen LogP contribution in [0, 0.1) is 10.8 Å². The molecular formula is C27H32ClN9O3. The van der Waals surface area contributed by atoms with Crippen molar-refractivity contribution in [1.82, 2.24) is 34.2 Å². The highest BCUT2D eigenvalue weighted by Crippen LogP contribution is 2.40. The van der Waals surface area contributed by atoms with Crippen molar-refractivity contribution in [1.29, 1.82) is 5.41 Å². The van der Waals surface area contributed by atoms with Gasteiger partial charge >= 0.3 is 0 Å². The monoisotopic (exact) mass is 565 g/mol. The molecule has 12 nitrogen and oxygen atoms in total. The number of halogens is 1. The SMILES string of the molecule is Cn1c(NC(=N)/C=C(\N[C@@H]2COC[C@@H]2O)C(C)(C)C)nc2ncc(Oc3cnc4cnc(C5CC5)n4c3)c(Cl)c21. The third kappa shape index (κ3) is 5.09. The fourth-order valence-corrected chi connectivity index (χ4v) is 4.96. The van der Waals surface area contributed by atoms with E-state index in [4.69, 9.17) is 26.5 Å². The number of pyridine rings is 1. The number of aromatic nitrogens is 6. The van der Waals surface area contributed by atoms with Crippen molar-refractivity contribution in [3.8, 4) is 11.5 Å². The van der Waals surface area contributed by atoms with Crippen LogP contribution in [0.4, 0.5) is 5.95 Å². The molecule has 6 rings (SSSR count). The number of aliphatic hydroxyl groups is 1. The van der Waals surface area contributed by atoms with Gasteiger partial charge in [0.2, 0.25) is 5.95 Å². The summed E-state index contributed by atoms with van der Waals surface area (Å²) in [6.45, 7) is 6.81. The number of hydrogen-bond acceptors (Lipinski definition) is 9. The zero-order valence-corrected chi connectivity index (χ0v) is 23.5. The van der Waals surface area contributed by atoms with Crippen molar-refractivity contribution in [2.75, 3.05) is 18.5 Å². The van der Waals surface area contributed by atoms with Crippen LogP contribution in [0.2, 0.25) is 5.02 Å². The van der Waals surface area contributed by atoms with E-state index in [0.717, 1.165) is 30.0 Å². The second-order valence-electron chi connectivity index (χ2n) is 11.3. The van der Waals surface area contributed by atoms with Crippen molar-refractivity contribution in [3.05, 3.63) is 47.4 Å². The fourth-order valence-electron chi connectivity index (χ4n) is 4.66. The van der Waals surface area contributed by atoms with E-state index in [1.54, 1.807) is 30.1 Å². The van der Waals surface area contributed by atoms with Gasteiger partial charge in [0.15, 0.2) is 22.8 Å². The maximum Gasteiger partial charge on any atom is 0.210 e. The highest BCUT2D eigenvalue weighted by molar-refractivity contribution is 6.36. The van der Waals surface area contributed by atoms with Gasteiger partial charge in [-0.05, 0) is 18.9 Å². The van der Waals surface area contributed by atoms with Gasteiger partial charge in [-0.25, -0.2) is 15.0 Å². The highest BCUT2D eigenvalue weighted by atomic mass is 35.5. The van der Waals surface area contributed by atoms with Crippen LogP contribution in [0.5, 0.6) is 11.5 Å². The van der Waals surface area contributed by atoms with Gasteiger partial charge in [0.1, 0.15) is 22.2 Å². The van der Waals surface area contributed by atoms with Gasteiger partial charge in [-0.1, -0.05) is 32.4 Å². The molecule has 40 heavy (non-hydrogen) atoms. The van der Waals surface area contributed by atoms with Crippen molar-refractivity contribution in [3.63, 3.8) is 0 Å². The summed E-state index contributed by atoms with van der Waals surface area (Å²) in [6, 6.07) is -0.236. The summed E-state index contributed by atoms with van der Waals surface area (Å²) in [4.78, 5) is 18.0. The molecule has 2 aliphatic rings. The molecule has 2 fully saturated rings. The lowest BCUT2D eigenvalue weighted by Gasteiger charge is -2.28. The molecule has 5 heterocycles. The summed E-state index contributed by atoms with van der Waals surface area (Å²) < 4.78 is 15.2. The topological polar surface area (TPSA) is 148 Å². The molecule has 4 aromatic rings. The van der Waals surface area contributed by atoms with Crippen LogP contribution in [0.15, 0.2) is 36.6 Å². The lowest BCUT2D eigenvalue weighted by Crippen LogP contribution is -2.41. The van der Waals surface area contributed by atoms with Crippen molar-refractivity contribution < 1.29 is 14.6 Å². The molecule has 1 saturated heterocycles. The average Bonchev–Trinajstić information content (AvgIpc) is 3.40. The first-order valence-electron chi connectivity index (χ1n) is 13.2. The number of hydrogen-bond donors (Lipinski definition) is 4. The molecular weight excluding hydrogens is 534 g/mol. The Morgan fingerprint density at radius 3 is 2.70 bits per heavy atom. The number of aliphatic hydroxyl groups excluding tert-OH is 1. The standard InChI is InChI=1S/C27H32ClN9O3/c1-27(2,3)19(33-16-12-39-13-17(16)38)7-20(29)34-26-35-24-23(36(26)4)22(28)18(9-31-24)40-15-8-30-21-10-32-25(14-5-6-14)37(21)11-15/h7-11,14,16-17,33,38H,5-6,12-13H2,1-4H3,(H2,29,31,34,35)/b19-7-/t16-,17+/m1/s1. The molecule has 13 heteroatoms. The summed E-state index contributed by atoms with van der Waals surface area (Å²) in [5.74, 6) is 2.85. The number of nitrogens with one attached hydrogen (secondary N) is 3. The third-order valence-corrected chi connectivity index (χ3v) is 7.46. The minimum atomic E-state index is -0.602. The van der Waals surface area contributed by atoms with Crippen LogP contribution in [-0.4, -0.2) is 65.2 Å². The minimum absolute atomic E-state index is 0.114. The van der Waals surface area contributed by atoms with Gasteiger partial charge in [-0.15, -0.1) is 0 Å². The molecule has 1 aliphatic carbocycles. The average molecular weight is 566 g/mol. The van der Waals surface area contributed by atoms with Gasteiger partial charge in [-0.2, -0.15) is 4.98 Å². The Labute approximate surface area is 235 Å². The number of allylic oxidation sites excluding steroid dienone is 1. The molecule has 2 atom stereocenters. The number of aryl methyl sites for hydroxylation is 1. The van der Waals surface area contributed by atoms with E-state index < -0.39 is 6.10 Å². The molecule has 210 valence electrons. The predicted molar refractivity (Wildman–Crippen MR) is 151 cm³/mol. The van der Waals surface area contributed by atoms with E-state index >= 15 is 0 Å². The lowest BCUT2D eigenvalue weighted by molar-refractivity contribution is 0.122. The Balaban J connectivity index is 1.24. The molecule has 0 spiro atoms. The van der Waals surface area contributed by atoms with Gasteiger partial charge in [0.05, 0.1) is 50.1 Å². The number of ether oxygens (including phenoxy) is 2. The summed E-state index contributed by atoms with van der Waals surface area (Å²) in [6.07, 6.45) is 10.2. The molecule has 0 aromatic carbocycles. The highest BCUT2D eigenvalue weighted by Gasteiger charge is 2.30. The number of fused-ring (bicyclic) bond motifs is 2. The third-order valence-electron chi connectivity index (χ3n) is 7.10.